The molecule has 0 heterocycles. The zero-order valence-electron chi connectivity index (χ0n) is 20.8. The number of allylic oxidation sites excluding steroid dienone is 4. The molecule has 3 rings (SSSR count). The van der Waals surface area contributed by atoms with E-state index in [0.29, 0.717) is 0 Å². The molecule has 3 aromatic carbocycles. The molecule has 0 amide bonds. The van der Waals surface area contributed by atoms with Gasteiger partial charge in [0.2, 0.25) is 0 Å². The Morgan fingerprint density at radius 3 is 1.88 bits per heavy atom. The first-order chi connectivity index (χ1) is 16.2. The Bertz CT molecular complexity index is 1250. The molecular weight excluding hydrogens is 412 g/mol. The first kappa shape index (κ1) is 24.6. The van der Waals surface area contributed by atoms with Crippen LogP contribution in [0.3, 0.4) is 0 Å². The number of para-hydroxylation sites is 1. The third-order valence-corrected chi connectivity index (χ3v) is 6.11. The van der Waals surface area contributed by atoms with Crippen molar-refractivity contribution in [2.75, 3.05) is 23.9 Å². The van der Waals surface area contributed by atoms with Gasteiger partial charge < -0.3 is 9.80 Å². The smallest absolute Gasteiger partial charge is 0.0487 e. The third-order valence-electron chi connectivity index (χ3n) is 6.11. The summed E-state index contributed by atoms with van der Waals surface area (Å²) in [5.74, 6) is 0. The average Bonchev–Trinajstić information content (AvgIpc) is 2.86. The van der Waals surface area contributed by atoms with Crippen LogP contribution < -0.4 is 9.80 Å². The molecule has 0 atom stereocenters. The van der Waals surface area contributed by atoms with Crippen molar-refractivity contribution in [3.63, 3.8) is 0 Å². The molecule has 172 valence electrons. The van der Waals surface area contributed by atoms with E-state index >= 15 is 0 Å². The van der Waals surface area contributed by atoms with Crippen LogP contribution in [-0.2, 0) is 0 Å². The largest absolute Gasteiger partial charge is 0.349 e. The number of hydrogen-bond donors (Lipinski definition) is 0. The van der Waals surface area contributed by atoms with Crippen molar-refractivity contribution in [2.24, 2.45) is 0 Å². The summed E-state index contributed by atoms with van der Waals surface area (Å²) in [6, 6.07) is 26.8. The van der Waals surface area contributed by atoms with Crippen molar-refractivity contribution in [3.05, 3.63) is 145 Å². The second-order valence-electron chi connectivity index (χ2n) is 8.57. The van der Waals surface area contributed by atoms with Crippen molar-refractivity contribution in [1.82, 2.24) is 0 Å². The summed E-state index contributed by atoms with van der Waals surface area (Å²) < 4.78 is 0. The van der Waals surface area contributed by atoms with E-state index in [9.17, 15) is 0 Å². The molecule has 0 fully saturated rings. The SMILES string of the molecule is C=C(C(=C)c1ccc(N(C)C(=C)C)c(C)c1)/C(=C/C(=C)c1ccccc1)N(C)c1ccccc1. The predicted molar refractivity (Wildman–Crippen MR) is 151 cm³/mol. The highest BCUT2D eigenvalue weighted by Crippen LogP contribution is 2.34. The second kappa shape index (κ2) is 10.7. The van der Waals surface area contributed by atoms with Gasteiger partial charge in [-0.3, -0.25) is 0 Å². The highest BCUT2D eigenvalue weighted by Gasteiger charge is 2.16. The monoisotopic (exact) mass is 446 g/mol. The maximum Gasteiger partial charge on any atom is 0.0487 e. The molecule has 2 heteroatoms. The van der Waals surface area contributed by atoms with Crippen molar-refractivity contribution in [1.29, 1.82) is 0 Å². The zero-order valence-corrected chi connectivity index (χ0v) is 20.8. The summed E-state index contributed by atoms with van der Waals surface area (Å²) in [7, 11) is 4.08. The van der Waals surface area contributed by atoms with Gasteiger partial charge in [-0.2, -0.15) is 0 Å². The van der Waals surface area contributed by atoms with E-state index in [-0.39, 0.29) is 0 Å². The first-order valence-corrected chi connectivity index (χ1v) is 11.3. The maximum absolute atomic E-state index is 4.46. The van der Waals surface area contributed by atoms with Crippen LogP contribution in [0.1, 0.15) is 23.6 Å². The summed E-state index contributed by atoms with van der Waals surface area (Å²) >= 11 is 0. The zero-order chi connectivity index (χ0) is 24.8. The fourth-order valence-corrected chi connectivity index (χ4v) is 3.83. The first-order valence-electron chi connectivity index (χ1n) is 11.3. The van der Waals surface area contributed by atoms with E-state index < -0.39 is 0 Å². The third kappa shape index (κ3) is 5.47. The van der Waals surface area contributed by atoms with Crippen molar-refractivity contribution in [2.45, 2.75) is 13.8 Å². The van der Waals surface area contributed by atoms with E-state index in [2.05, 4.69) is 91.6 Å². The lowest BCUT2D eigenvalue weighted by molar-refractivity contribution is 1.09. The Hall–Kier alpha value is -4.04. The summed E-state index contributed by atoms with van der Waals surface area (Å²) in [5.41, 5.74) is 10.1. The lowest BCUT2D eigenvalue weighted by Gasteiger charge is -2.27. The lowest BCUT2D eigenvalue weighted by atomic mass is 9.94. The van der Waals surface area contributed by atoms with Gasteiger partial charge in [0.05, 0.1) is 0 Å². The van der Waals surface area contributed by atoms with E-state index in [1.807, 2.05) is 57.4 Å². The molecule has 0 unspecified atom stereocenters. The van der Waals surface area contributed by atoms with Crippen LogP contribution in [0.5, 0.6) is 0 Å². The second-order valence-corrected chi connectivity index (χ2v) is 8.57. The number of nitrogens with zero attached hydrogens (tertiary/aromatic N) is 2. The van der Waals surface area contributed by atoms with E-state index in [1.54, 1.807) is 0 Å². The van der Waals surface area contributed by atoms with Crippen molar-refractivity contribution >= 4 is 22.5 Å². The number of aryl methyl sites for hydroxylation is 1. The molecule has 0 saturated carbocycles. The van der Waals surface area contributed by atoms with Gasteiger partial charge in [-0.15, -0.1) is 0 Å². The molecule has 0 spiro atoms. The Labute approximate surface area is 205 Å². The molecule has 0 saturated heterocycles. The molecule has 0 aliphatic carbocycles. The van der Waals surface area contributed by atoms with Crippen LogP contribution in [0.15, 0.2) is 128 Å². The van der Waals surface area contributed by atoms with Crippen LogP contribution in [0, 0.1) is 6.92 Å². The van der Waals surface area contributed by atoms with Gasteiger partial charge in [-0.05, 0) is 77.6 Å². The fraction of sp³-hybridized carbons (Fsp3) is 0.125. The summed E-state index contributed by atoms with van der Waals surface area (Å²) in [6.07, 6.45) is 2.09. The number of anilines is 2. The predicted octanol–water partition coefficient (Wildman–Crippen LogP) is 8.27. The van der Waals surface area contributed by atoms with Gasteiger partial charge in [0.15, 0.2) is 0 Å². The van der Waals surface area contributed by atoms with Crippen molar-refractivity contribution < 1.29 is 0 Å². The Balaban J connectivity index is 2.00. The number of hydrogen-bond acceptors (Lipinski definition) is 2. The van der Waals surface area contributed by atoms with Gasteiger partial charge in [-0.1, -0.05) is 80.9 Å². The van der Waals surface area contributed by atoms with E-state index in [4.69, 9.17) is 0 Å². The topological polar surface area (TPSA) is 6.48 Å². The van der Waals surface area contributed by atoms with Crippen LogP contribution in [0.4, 0.5) is 11.4 Å². The normalized spacial score (nSPS) is 11.0. The van der Waals surface area contributed by atoms with Gasteiger partial charge in [0.1, 0.15) is 0 Å². The van der Waals surface area contributed by atoms with E-state index in [0.717, 1.165) is 56.2 Å². The molecule has 34 heavy (non-hydrogen) atoms. The molecule has 0 N–H and O–H groups in total. The molecule has 3 aromatic rings. The molecule has 0 radical (unpaired) electrons. The molecule has 0 aromatic heterocycles. The summed E-state index contributed by atoms with van der Waals surface area (Å²) in [5, 5.41) is 0. The molecule has 0 aliphatic rings. The van der Waals surface area contributed by atoms with Gasteiger partial charge in [-0.25, -0.2) is 0 Å². The highest BCUT2D eigenvalue weighted by atomic mass is 15.1. The minimum absolute atomic E-state index is 0.851. The van der Waals surface area contributed by atoms with E-state index in [1.165, 1.54) is 0 Å². The van der Waals surface area contributed by atoms with Crippen LogP contribution in [0.2, 0.25) is 0 Å². The van der Waals surface area contributed by atoms with Crippen LogP contribution >= 0.6 is 0 Å². The van der Waals surface area contributed by atoms with Gasteiger partial charge in [0, 0.05) is 36.9 Å². The van der Waals surface area contributed by atoms with Crippen molar-refractivity contribution in [3.8, 4) is 0 Å². The molecule has 0 aliphatic heterocycles. The Kier molecular flexibility index (Phi) is 7.75. The van der Waals surface area contributed by atoms with Gasteiger partial charge >= 0.3 is 0 Å². The maximum atomic E-state index is 4.46. The van der Waals surface area contributed by atoms with Gasteiger partial charge in [0.25, 0.3) is 0 Å². The van der Waals surface area contributed by atoms with Crippen LogP contribution in [-0.4, -0.2) is 14.1 Å². The molecular formula is C32H34N2. The minimum atomic E-state index is 0.851. The van der Waals surface area contributed by atoms with Crippen LogP contribution in [0.25, 0.3) is 11.1 Å². The number of benzene rings is 3. The highest BCUT2D eigenvalue weighted by molar-refractivity contribution is 5.87. The summed E-state index contributed by atoms with van der Waals surface area (Å²) in [6.45, 7) is 21.4. The summed E-state index contributed by atoms with van der Waals surface area (Å²) in [4.78, 5) is 4.23. The molecule has 2 nitrogen and oxygen atoms in total. The standard InChI is InChI=1S/C32H34N2/c1-23(2)33(7)31-20-19-29(21-25(31)4)26(5)27(6)32(34(8)30-17-13-10-14-18-30)22-24(3)28-15-11-9-12-16-28/h9-22H,1,3,5-6H2,2,4,7-8H3/b32-22-. The fourth-order valence-electron chi connectivity index (χ4n) is 3.83. The Morgan fingerprint density at radius 1 is 0.735 bits per heavy atom. The average molecular weight is 447 g/mol. The quantitative estimate of drug-likeness (QED) is 0.305. The number of likely N-dealkylation sites (N-methyl/N-ethyl adjacent to an activating group) is 1. The number of rotatable bonds is 9. The minimum Gasteiger partial charge on any atom is -0.349 e. The Morgan fingerprint density at radius 2 is 1.32 bits per heavy atom. The lowest BCUT2D eigenvalue weighted by Crippen LogP contribution is -2.18. The molecule has 0 bridgehead atoms.